The number of halogens is 1. The summed E-state index contributed by atoms with van der Waals surface area (Å²) < 4.78 is 35.2. The van der Waals surface area contributed by atoms with Gasteiger partial charge < -0.3 is 15.7 Å². The van der Waals surface area contributed by atoms with Crippen LogP contribution in [0.15, 0.2) is 18.2 Å². The second-order valence-corrected chi connectivity index (χ2v) is 6.24. The third-order valence-electron chi connectivity index (χ3n) is 2.24. The highest BCUT2D eigenvalue weighted by molar-refractivity contribution is 7.90. The third kappa shape index (κ3) is 4.84. The highest BCUT2D eigenvalue weighted by Gasteiger charge is 2.16. The van der Waals surface area contributed by atoms with Gasteiger partial charge in [-0.2, -0.15) is 0 Å². The van der Waals surface area contributed by atoms with E-state index < -0.39 is 38.9 Å². The molecule has 0 saturated heterocycles. The molecule has 0 atom stereocenters. The van der Waals surface area contributed by atoms with Crippen LogP contribution in [0.25, 0.3) is 0 Å². The Hall–Kier alpha value is -2.16. The molecule has 0 heterocycles. The third-order valence-corrected chi connectivity index (χ3v) is 3.19. The maximum atomic E-state index is 13.5. The minimum atomic E-state index is -3.23. The topological polar surface area (TPSA) is 113 Å². The number of hydrogen-bond donors (Lipinski definition) is 3. The zero-order valence-corrected chi connectivity index (χ0v) is 11.3. The average molecular weight is 304 g/mol. The van der Waals surface area contributed by atoms with Crippen LogP contribution in [0, 0.1) is 5.82 Å². The summed E-state index contributed by atoms with van der Waals surface area (Å²) in [6, 6.07) is 2.45. The SMILES string of the molecule is CS(=O)(=O)CCNC(=O)Nc1c(F)cccc1C(=O)O. The van der Waals surface area contributed by atoms with Gasteiger partial charge in [-0.3, -0.25) is 0 Å². The van der Waals surface area contributed by atoms with Gasteiger partial charge in [0.2, 0.25) is 0 Å². The van der Waals surface area contributed by atoms with Crippen LogP contribution in [0.3, 0.4) is 0 Å². The van der Waals surface area contributed by atoms with E-state index in [9.17, 15) is 22.4 Å². The molecule has 0 radical (unpaired) electrons. The van der Waals surface area contributed by atoms with Gasteiger partial charge in [-0.25, -0.2) is 22.4 Å². The first-order valence-corrected chi connectivity index (χ1v) is 7.51. The Labute approximate surface area is 114 Å². The maximum absolute atomic E-state index is 13.5. The number of amides is 2. The number of rotatable bonds is 5. The quantitative estimate of drug-likeness (QED) is 0.741. The first-order valence-electron chi connectivity index (χ1n) is 5.45. The van der Waals surface area contributed by atoms with Crippen LogP contribution < -0.4 is 10.6 Å². The van der Waals surface area contributed by atoms with Crippen LogP contribution >= 0.6 is 0 Å². The number of para-hydroxylation sites is 1. The van der Waals surface area contributed by atoms with E-state index in [-0.39, 0.29) is 12.3 Å². The summed E-state index contributed by atoms with van der Waals surface area (Å²) in [5.74, 6) is -2.57. The van der Waals surface area contributed by atoms with Gasteiger partial charge in [0.15, 0.2) is 0 Å². The molecule has 1 rings (SSSR count). The summed E-state index contributed by atoms with van der Waals surface area (Å²) in [6.07, 6.45) is 1.01. The molecule has 0 aromatic heterocycles. The van der Waals surface area contributed by atoms with Crippen LogP contribution in [0.1, 0.15) is 10.4 Å². The molecule has 0 saturated carbocycles. The van der Waals surface area contributed by atoms with Crippen molar-refractivity contribution in [2.24, 2.45) is 0 Å². The minimum absolute atomic E-state index is 0.165. The number of benzene rings is 1. The first kappa shape index (κ1) is 15.9. The molecule has 0 unspecified atom stereocenters. The van der Waals surface area contributed by atoms with Crippen LogP contribution in [0.5, 0.6) is 0 Å². The van der Waals surface area contributed by atoms with Gasteiger partial charge in [0.05, 0.1) is 17.0 Å². The Morgan fingerprint density at radius 2 is 2.00 bits per heavy atom. The number of sulfone groups is 1. The van der Waals surface area contributed by atoms with E-state index in [0.717, 1.165) is 18.4 Å². The largest absolute Gasteiger partial charge is 0.478 e. The van der Waals surface area contributed by atoms with Crippen molar-refractivity contribution >= 4 is 27.5 Å². The van der Waals surface area contributed by atoms with Crippen molar-refractivity contribution < 1.29 is 27.5 Å². The number of nitrogens with one attached hydrogen (secondary N) is 2. The lowest BCUT2D eigenvalue weighted by Crippen LogP contribution is -2.33. The molecular formula is C11H13FN2O5S. The van der Waals surface area contributed by atoms with E-state index in [1.165, 1.54) is 6.07 Å². The second-order valence-electron chi connectivity index (χ2n) is 3.98. The van der Waals surface area contributed by atoms with Gasteiger partial charge >= 0.3 is 12.0 Å². The van der Waals surface area contributed by atoms with Crippen molar-refractivity contribution in [3.8, 4) is 0 Å². The van der Waals surface area contributed by atoms with Gasteiger partial charge in [0.1, 0.15) is 15.7 Å². The van der Waals surface area contributed by atoms with E-state index in [2.05, 4.69) is 5.32 Å². The average Bonchev–Trinajstić information content (AvgIpc) is 2.29. The van der Waals surface area contributed by atoms with Gasteiger partial charge in [-0.15, -0.1) is 0 Å². The zero-order valence-electron chi connectivity index (χ0n) is 10.5. The molecule has 1 aromatic carbocycles. The van der Waals surface area contributed by atoms with E-state index in [1.807, 2.05) is 5.32 Å². The van der Waals surface area contributed by atoms with Crippen molar-refractivity contribution in [2.75, 3.05) is 23.9 Å². The van der Waals surface area contributed by atoms with Crippen molar-refractivity contribution in [3.63, 3.8) is 0 Å². The summed E-state index contributed by atoms with van der Waals surface area (Å²) in [4.78, 5) is 22.3. The molecule has 0 aliphatic carbocycles. The fourth-order valence-corrected chi connectivity index (χ4v) is 1.81. The Balaban J connectivity index is 2.74. The summed E-state index contributed by atoms with van der Waals surface area (Å²) in [6.45, 7) is -0.165. The van der Waals surface area contributed by atoms with Crippen molar-refractivity contribution in [3.05, 3.63) is 29.6 Å². The summed E-state index contributed by atoms with van der Waals surface area (Å²) in [5, 5.41) is 13.1. The standard InChI is InChI=1S/C11H13FN2O5S/c1-20(18,19)6-5-13-11(17)14-9-7(10(15)16)3-2-4-8(9)12/h2-4H,5-6H2,1H3,(H,15,16)(H2,13,14,17). The normalized spacial score (nSPS) is 10.9. The fourth-order valence-electron chi connectivity index (χ4n) is 1.34. The van der Waals surface area contributed by atoms with Gasteiger partial charge in [-0.1, -0.05) is 6.07 Å². The van der Waals surface area contributed by atoms with E-state index in [0.29, 0.717) is 0 Å². The van der Waals surface area contributed by atoms with E-state index in [1.54, 1.807) is 0 Å². The lowest BCUT2D eigenvalue weighted by Gasteiger charge is -2.10. The number of carboxylic acid groups (broad SMARTS) is 1. The number of anilines is 1. The van der Waals surface area contributed by atoms with Crippen LogP contribution in [0.4, 0.5) is 14.9 Å². The van der Waals surface area contributed by atoms with E-state index in [4.69, 9.17) is 5.11 Å². The van der Waals surface area contributed by atoms with Crippen LogP contribution in [-0.4, -0.2) is 44.1 Å². The van der Waals surface area contributed by atoms with E-state index >= 15 is 0 Å². The molecule has 2 amide bonds. The predicted octanol–water partition coefficient (Wildman–Crippen LogP) is 0.690. The fraction of sp³-hybridized carbons (Fsp3) is 0.273. The smallest absolute Gasteiger partial charge is 0.337 e. The molecule has 0 aliphatic rings. The summed E-state index contributed by atoms with van der Waals surface area (Å²) >= 11 is 0. The number of aromatic carboxylic acids is 1. The highest BCUT2D eigenvalue weighted by Crippen LogP contribution is 2.19. The molecule has 0 aliphatic heterocycles. The zero-order chi connectivity index (χ0) is 15.3. The molecule has 1 aromatic rings. The number of carbonyl (C=O) groups excluding carboxylic acids is 1. The van der Waals surface area contributed by atoms with Crippen LogP contribution in [0.2, 0.25) is 0 Å². The Morgan fingerprint density at radius 3 is 2.55 bits per heavy atom. The molecule has 110 valence electrons. The van der Waals surface area contributed by atoms with Crippen molar-refractivity contribution in [2.45, 2.75) is 0 Å². The second kappa shape index (κ2) is 6.33. The lowest BCUT2D eigenvalue weighted by molar-refractivity contribution is 0.0697. The molecular weight excluding hydrogens is 291 g/mol. The van der Waals surface area contributed by atoms with Crippen molar-refractivity contribution in [1.82, 2.24) is 5.32 Å². The number of carboxylic acids is 1. The Bertz CT molecular complexity index is 630. The molecule has 7 nitrogen and oxygen atoms in total. The molecule has 0 fully saturated rings. The number of carbonyl (C=O) groups is 2. The Morgan fingerprint density at radius 1 is 1.35 bits per heavy atom. The molecule has 20 heavy (non-hydrogen) atoms. The molecule has 0 bridgehead atoms. The predicted molar refractivity (Wildman–Crippen MR) is 70.1 cm³/mol. The first-order chi connectivity index (χ1) is 9.20. The summed E-state index contributed by atoms with van der Waals surface area (Å²) in [5.41, 5.74) is -0.875. The van der Waals surface area contributed by atoms with Gasteiger partial charge in [0, 0.05) is 12.8 Å². The summed E-state index contributed by atoms with van der Waals surface area (Å²) in [7, 11) is -3.23. The molecule has 0 spiro atoms. The molecule has 9 heteroatoms. The maximum Gasteiger partial charge on any atom is 0.337 e. The van der Waals surface area contributed by atoms with Gasteiger partial charge in [0.25, 0.3) is 0 Å². The van der Waals surface area contributed by atoms with Gasteiger partial charge in [-0.05, 0) is 12.1 Å². The monoisotopic (exact) mass is 304 g/mol. The number of urea groups is 1. The lowest BCUT2D eigenvalue weighted by atomic mass is 10.1. The minimum Gasteiger partial charge on any atom is -0.478 e. The number of hydrogen-bond acceptors (Lipinski definition) is 4. The molecule has 3 N–H and O–H groups in total. The Kier molecular flexibility index (Phi) is 5.03. The van der Waals surface area contributed by atoms with Crippen molar-refractivity contribution in [1.29, 1.82) is 0 Å². The highest BCUT2D eigenvalue weighted by atomic mass is 32.2. The van der Waals surface area contributed by atoms with Crippen LogP contribution in [-0.2, 0) is 9.84 Å².